The smallest absolute Gasteiger partial charge is 0.242 e. The number of ether oxygens (including phenoxy) is 1. The van der Waals surface area contributed by atoms with Crippen molar-refractivity contribution >= 4 is 49.2 Å². The predicted molar refractivity (Wildman–Crippen MR) is 139 cm³/mol. The molecular formula is C23H29Cl2N3O6S2. The number of benzene rings is 2. The topological polar surface area (TPSA) is 113 Å². The Balaban J connectivity index is 1.49. The molecule has 198 valence electrons. The van der Waals surface area contributed by atoms with Gasteiger partial charge in [-0.15, -0.1) is 0 Å². The van der Waals surface area contributed by atoms with Gasteiger partial charge < -0.3 is 10.1 Å². The highest BCUT2D eigenvalue weighted by Gasteiger charge is 2.33. The van der Waals surface area contributed by atoms with Crippen LogP contribution in [0.25, 0.3) is 0 Å². The van der Waals surface area contributed by atoms with Crippen LogP contribution in [0.4, 0.5) is 0 Å². The lowest BCUT2D eigenvalue weighted by molar-refractivity contribution is -0.126. The Morgan fingerprint density at radius 3 is 2.33 bits per heavy atom. The number of hydrogen-bond donors (Lipinski definition) is 1. The molecule has 1 amide bonds. The largest absolute Gasteiger partial charge is 0.492 e. The van der Waals surface area contributed by atoms with Crippen molar-refractivity contribution in [2.24, 2.45) is 5.92 Å². The highest BCUT2D eigenvalue weighted by atomic mass is 35.5. The molecule has 1 aliphatic heterocycles. The van der Waals surface area contributed by atoms with E-state index >= 15 is 0 Å². The molecular weight excluding hydrogens is 549 g/mol. The highest BCUT2D eigenvalue weighted by Crippen LogP contribution is 2.29. The third-order valence-electron chi connectivity index (χ3n) is 5.81. The van der Waals surface area contributed by atoms with Crippen molar-refractivity contribution in [2.45, 2.75) is 23.5 Å². The number of piperidine rings is 1. The van der Waals surface area contributed by atoms with E-state index in [1.54, 1.807) is 30.3 Å². The van der Waals surface area contributed by atoms with E-state index < -0.39 is 26.0 Å². The first-order valence-electron chi connectivity index (χ1n) is 11.3. The molecule has 0 spiro atoms. The molecule has 2 aromatic rings. The summed E-state index contributed by atoms with van der Waals surface area (Å²) in [5.74, 6) is -0.593. The third kappa shape index (κ3) is 7.11. The van der Waals surface area contributed by atoms with E-state index in [0.717, 1.165) is 4.31 Å². The normalized spacial score (nSPS) is 17.2. The quantitative estimate of drug-likeness (QED) is 0.434. The molecule has 9 nitrogen and oxygen atoms in total. The number of halogens is 2. The van der Waals surface area contributed by atoms with Gasteiger partial charge in [-0.3, -0.25) is 4.79 Å². The highest BCUT2D eigenvalue weighted by molar-refractivity contribution is 7.89. The number of rotatable bonds is 10. The van der Waals surface area contributed by atoms with Crippen molar-refractivity contribution in [3.05, 3.63) is 58.1 Å². The minimum absolute atomic E-state index is 0.0822. The number of carbonyl (C=O) groups excluding carboxylic acids is 1. The van der Waals surface area contributed by atoms with E-state index in [9.17, 15) is 21.6 Å². The van der Waals surface area contributed by atoms with Crippen molar-refractivity contribution in [1.82, 2.24) is 13.9 Å². The molecule has 1 fully saturated rings. The Hall–Kier alpha value is -1.89. The maximum Gasteiger partial charge on any atom is 0.242 e. The Morgan fingerprint density at radius 2 is 1.72 bits per heavy atom. The fourth-order valence-corrected chi connectivity index (χ4v) is 7.02. The van der Waals surface area contributed by atoms with Crippen molar-refractivity contribution in [2.75, 3.05) is 40.3 Å². The van der Waals surface area contributed by atoms with Gasteiger partial charge in [-0.25, -0.2) is 25.4 Å². The van der Waals surface area contributed by atoms with Gasteiger partial charge in [0.15, 0.2) is 0 Å². The molecule has 0 aromatic heterocycles. The number of sulfonamides is 2. The van der Waals surface area contributed by atoms with Gasteiger partial charge in [-0.2, -0.15) is 0 Å². The first-order chi connectivity index (χ1) is 16.9. The molecule has 2 aromatic carbocycles. The molecule has 3 rings (SSSR count). The number of hydrogen-bond acceptors (Lipinski definition) is 6. The summed E-state index contributed by atoms with van der Waals surface area (Å²) in [6.07, 6.45) is 1.14. The van der Waals surface area contributed by atoms with Gasteiger partial charge in [0.2, 0.25) is 26.0 Å². The van der Waals surface area contributed by atoms with Crippen molar-refractivity contribution in [3.63, 3.8) is 0 Å². The summed E-state index contributed by atoms with van der Waals surface area (Å²) in [5, 5.41) is 3.35. The molecule has 0 aliphatic carbocycles. The van der Waals surface area contributed by atoms with Gasteiger partial charge in [0.1, 0.15) is 12.4 Å². The lowest BCUT2D eigenvalue weighted by Crippen LogP contribution is -2.46. The van der Waals surface area contributed by atoms with Gasteiger partial charge >= 0.3 is 0 Å². The van der Waals surface area contributed by atoms with Crippen molar-refractivity contribution in [1.29, 1.82) is 0 Å². The Bertz CT molecular complexity index is 1270. The number of carbonyl (C=O) groups is 1. The van der Waals surface area contributed by atoms with Crippen molar-refractivity contribution in [3.8, 4) is 5.75 Å². The van der Waals surface area contributed by atoms with Gasteiger partial charge in [-0.05, 0) is 49.2 Å². The fraction of sp³-hybridized carbons (Fsp3) is 0.435. The average Bonchev–Trinajstić information content (AvgIpc) is 2.84. The van der Waals surface area contributed by atoms with Crippen LogP contribution in [0.2, 0.25) is 10.0 Å². The molecule has 1 saturated heterocycles. The summed E-state index contributed by atoms with van der Waals surface area (Å²) >= 11 is 12.3. The van der Waals surface area contributed by atoms with Gasteiger partial charge in [0, 0.05) is 42.8 Å². The standard InChI is InChI=1S/C23H29Cl2N3O6S2/c1-27(2)36(32,33)19-10-8-18(9-11-19)34-14-12-26-23(29)17-5-4-13-28(15-17)35(30,31)16-20-21(24)6-3-7-22(20)25/h3,6-11,17H,4-5,12-16H2,1-2H3,(H,26,29)/t17-/m1/s1. The summed E-state index contributed by atoms with van der Waals surface area (Å²) in [5.41, 5.74) is 0.344. The summed E-state index contributed by atoms with van der Waals surface area (Å²) in [4.78, 5) is 12.8. The maximum absolute atomic E-state index is 13.0. The molecule has 1 heterocycles. The van der Waals surface area contributed by atoms with Crippen LogP contribution in [0.15, 0.2) is 47.4 Å². The molecule has 1 atom stereocenters. The van der Waals surface area contributed by atoms with Crippen LogP contribution in [-0.2, 0) is 30.6 Å². The van der Waals surface area contributed by atoms with Crippen LogP contribution in [0.1, 0.15) is 18.4 Å². The monoisotopic (exact) mass is 577 g/mol. The van der Waals surface area contributed by atoms with Gasteiger partial charge in [0.25, 0.3) is 0 Å². The second-order valence-electron chi connectivity index (χ2n) is 8.55. The van der Waals surface area contributed by atoms with Crippen LogP contribution >= 0.6 is 23.2 Å². The van der Waals surface area contributed by atoms with E-state index in [1.807, 2.05) is 0 Å². The first-order valence-corrected chi connectivity index (χ1v) is 15.1. The lowest BCUT2D eigenvalue weighted by atomic mass is 9.99. The van der Waals surface area contributed by atoms with Crippen molar-refractivity contribution < 1.29 is 26.4 Å². The summed E-state index contributed by atoms with van der Waals surface area (Å²) in [6.45, 7) is 0.802. The second kappa shape index (κ2) is 12.1. The zero-order chi connectivity index (χ0) is 26.5. The third-order valence-corrected chi connectivity index (χ3v) is 10.1. The fourth-order valence-electron chi connectivity index (χ4n) is 3.76. The summed E-state index contributed by atoms with van der Waals surface area (Å²) in [6, 6.07) is 10.8. The molecule has 36 heavy (non-hydrogen) atoms. The van der Waals surface area contributed by atoms with Crippen LogP contribution in [-0.4, -0.2) is 71.7 Å². The minimum Gasteiger partial charge on any atom is -0.492 e. The molecule has 1 aliphatic rings. The maximum atomic E-state index is 13.0. The van der Waals surface area contributed by atoms with E-state index in [4.69, 9.17) is 27.9 Å². The number of nitrogens with zero attached hydrogens (tertiary/aromatic N) is 2. The van der Waals surface area contributed by atoms with E-state index in [2.05, 4.69) is 5.32 Å². The van der Waals surface area contributed by atoms with Crippen LogP contribution in [0.5, 0.6) is 5.75 Å². The molecule has 0 unspecified atom stereocenters. The Labute approximate surface area is 222 Å². The minimum atomic E-state index is -3.71. The predicted octanol–water partition coefficient (Wildman–Crippen LogP) is 2.98. The molecule has 0 saturated carbocycles. The lowest BCUT2D eigenvalue weighted by Gasteiger charge is -2.31. The second-order valence-corrected chi connectivity index (χ2v) is 13.5. The van der Waals surface area contributed by atoms with Crippen LogP contribution in [0, 0.1) is 5.92 Å². The van der Waals surface area contributed by atoms with Crippen LogP contribution in [0.3, 0.4) is 0 Å². The average molecular weight is 579 g/mol. The Kier molecular flexibility index (Phi) is 9.64. The zero-order valence-electron chi connectivity index (χ0n) is 20.0. The summed E-state index contributed by atoms with van der Waals surface area (Å²) in [7, 11) is -4.32. The zero-order valence-corrected chi connectivity index (χ0v) is 23.1. The van der Waals surface area contributed by atoms with E-state index in [0.29, 0.717) is 30.7 Å². The molecule has 0 radical (unpaired) electrons. The van der Waals surface area contributed by atoms with Gasteiger partial charge in [0.05, 0.1) is 23.1 Å². The molecule has 1 N–H and O–H groups in total. The van der Waals surface area contributed by atoms with Crippen LogP contribution < -0.4 is 10.1 Å². The molecule has 13 heteroatoms. The van der Waals surface area contributed by atoms with E-state index in [-0.39, 0.29) is 46.3 Å². The first kappa shape index (κ1) is 28.7. The Morgan fingerprint density at radius 1 is 1.08 bits per heavy atom. The number of amides is 1. The molecule has 0 bridgehead atoms. The summed E-state index contributed by atoms with van der Waals surface area (Å²) < 4.78 is 58.2. The SMILES string of the molecule is CN(C)S(=O)(=O)c1ccc(OCCNC(=O)[C@@H]2CCCN(S(=O)(=O)Cc3c(Cl)cccc3Cl)C2)cc1. The van der Waals surface area contributed by atoms with E-state index in [1.165, 1.54) is 30.5 Å². The van der Waals surface area contributed by atoms with Gasteiger partial charge in [-0.1, -0.05) is 29.3 Å². The number of nitrogens with one attached hydrogen (secondary N) is 1.